The number of aliphatic hydroxyl groups is 1. The van der Waals surface area contributed by atoms with Gasteiger partial charge in [0, 0.05) is 13.1 Å². The van der Waals surface area contributed by atoms with Crippen LogP contribution < -0.4 is 10.1 Å². The van der Waals surface area contributed by atoms with Crippen molar-refractivity contribution in [3.05, 3.63) is 65.2 Å². The van der Waals surface area contributed by atoms with E-state index in [0.717, 1.165) is 23.4 Å². The average Bonchev–Trinajstić information content (AvgIpc) is 2.61. The summed E-state index contributed by atoms with van der Waals surface area (Å²) in [4.78, 5) is 0. The summed E-state index contributed by atoms with van der Waals surface area (Å²) in [5.74, 6) is 0.975. The lowest BCUT2D eigenvalue weighted by atomic mass is 10.0. The number of benzene rings is 2. The van der Waals surface area contributed by atoms with Gasteiger partial charge >= 0.3 is 6.18 Å². The first-order valence-corrected chi connectivity index (χ1v) is 8.01. The fourth-order valence-corrected chi connectivity index (χ4v) is 2.53. The molecule has 0 aromatic heterocycles. The second-order valence-corrected chi connectivity index (χ2v) is 5.97. The van der Waals surface area contributed by atoms with Crippen LogP contribution in [0.3, 0.4) is 0 Å². The monoisotopic (exact) mass is 353 g/mol. The first-order chi connectivity index (χ1) is 11.8. The van der Waals surface area contributed by atoms with Crippen LogP contribution in [0.25, 0.3) is 0 Å². The summed E-state index contributed by atoms with van der Waals surface area (Å²) in [6.07, 6.45) is -5.41. The van der Waals surface area contributed by atoms with Crippen molar-refractivity contribution in [2.75, 3.05) is 20.2 Å². The second-order valence-electron chi connectivity index (χ2n) is 5.97. The molecule has 0 aliphatic rings. The molecule has 0 saturated carbocycles. The van der Waals surface area contributed by atoms with Crippen molar-refractivity contribution in [3.63, 3.8) is 0 Å². The Morgan fingerprint density at radius 1 is 1.04 bits per heavy atom. The maximum atomic E-state index is 12.7. The Kier molecular flexibility index (Phi) is 6.45. The first-order valence-electron chi connectivity index (χ1n) is 8.01. The minimum atomic E-state index is -4.41. The normalized spacial score (nSPS) is 14.2. The van der Waals surface area contributed by atoms with Gasteiger partial charge < -0.3 is 15.2 Å². The van der Waals surface area contributed by atoms with Crippen molar-refractivity contribution in [2.45, 2.75) is 25.1 Å². The van der Waals surface area contributed by atoms with Crippen molar-refractivity contribution in [1.29, 1.82) is 0 Å². The Balaban J connectivity index is 1.88. The topological polar surface area (TPSA) is 41.5 Å². The van der Waals surface area contributed by atoms with Crippen molar-refractivity contribution >= 4 is 0 Å². The highest BCUT2D eigenvalue weighted by molar-refractivity contribution is 5.29. The molecule has 0 spiro atoms. The Morgan fingerprint density at radius 3 is 2.32 bits per heavy atom. The number of halogens is 3. The van der Waals surface area contributed by atoms with E-state index in [-0.39, 0.29) is 18.0 Å². The van der Waals surface area contributed by atoms with Gasteiger partial charge in [0.15, 0.2) is 0 Å². The van der Waals surface area contributed by atoms with Gasteiger partial charge in [-0.2, -0.15) is 13.2 Å². The summed E-state index contributed by atoms with van der Waals surface area (Å²) in [7, 11) is 1.61. The predicted octanol–water partition coefficient (Wildman–Crippen LogP) is 4.14. The van der Waals surface area contributed by atoms with Crippen LogP contribution in [-0.4, -0.2) is 25.3 Å². The standard InChI is InChI=1S/C19H22F3NO2/c1-13(14-6-8-17(25-2)9-7-14)11-23-12-18(24)15-4-3-5-16(10-15)19(20,21)22/h3-10,13,18,23-24H,11-12H2,1-2H3. The van der Waals surface area contributed by atoms with E-state index in [1.165, 1.54) is 12.1 Å². The summed E-state index contributed by atoms with van der Waals surface area (Å²) in [5, 5.41) is 13.2. The van der Waals surface area contributed by atoms with Crippen LogP contribution in [0.4, 0.5) is 13.2 Å². The molecule has 6 heteroatoms. The lowest BCUT2D eigenvalue weighted by Crippen LogP contribution is -2.25. The van der Waals surface area contributed by atoms with Crippen LogP contribution in [0, 0.1) is 0 Å². The molecular weight excluding hydrogens is 331 g/mol. The summed E-state index contributed by atoms with van der Waals surface area (Å²) >= 11 is 0. The molecule has 3 nitrogen and oxygen atoms in total. The fourth-order valence-electron chi connectivity index (χ4n) is 2.53. The van der Waals surface area contributed by atoms with E-state index in [2.05, 4.69) is 5.32 Å². The van der Waals surface area contributed by atoms with E-state index in [4.69, 9.17) is 4.74 Å². The minimum Gasteiger partial charge on any atom is -0.497 e. The van der Waals surface area contributed by atoms with Gasteiger partial charge in [-0.3, -0.25) is 0 Å². The smallest absolute Gasteiger partial charge is 0.416 e. The average molecular weight is 353 g/mol. The maximum Gasteiger partial charge on any atom is 0.416 e. The Morgan fingerprint density at radius 2 is 1.72 bits per heavy atom. The summed E-state index contributed by atoms with van der Waals surface area (Å²) < 4.78 is 43.3. The molecule has 25 heavy (non-hydrogen) atoms. The molecule has 2 unspecified atom stereocenters. The molecule has 0 aliphatic heterocycles. The molecule has 0 saturated heterocycles. The maximum absolute atomic E-state index is 12.7. The lowest BCUT2D eigenvalue weighted by Gasteiger charge is -2.17. The highest BCUT2D eigenvalue weighted by Crippen LogP contribution is 2.30. The van der Waals surface area contributed by atoms with Gasteiger partial charge in [0.05, 0.1) is 18.8 Å². The van der Waals surface area contributed by atoms with Crippen molar-refractivity contribution in [2.24, 2.45) is 0 Å². The molecule has 0 radical (unpaired) electrons. The second kappa shape index (κ2) is 8.36. The summed E-state index contributed by atoms with van der Waals surface area (Å²) in [6, 6.07) is 12.5. The quantitative estimate of drug-likeness (QED) is 0.786. The number of nitrogens with one attached hydrogen (secondary N) is 1. The minimum absolute atomic E-state index is 0.182. The fraction of sp³-hybridized carbons (Fsp3) is 0.368. The molecule has 0 heterocycles. The summed E-state index contributed by atoms with van der Waals surface area (Å²) in [6.45, 7) is 2.82. The molecule has 0 amide bonds. The number of rotatable bonds is 7. The van der Waals surface area contributed by atoms with Gasteiger partial charge in [0.2, 0.25) is 0 Å². The highest BCUT2D eigenvalue weighted by Gasteiger charge is 2.30. The van der Waals surface area contributed by atoms with E-state index in [1.54, 1.807) is 7.11 Å². The van der Waals surface area contributed by atoms with Gasteiger partial charge in [-0.15, -0.1) is 0 Å². The van der Waals surface area contributed by atoms with E-state index in [9.17, 15) is 18.3 Å². The number of alkyl halides is 3. The predicted molar refractivity (Wildman–Crippen MR) is 90.7 cm³/mol. The molecular formula is C19H22F3NO2. The molecule has 0 fully saturated rings. The van der Waals surface area contributed by atoms with Crippen LogP contribution in [0.2, 0.25) is 0 Å². The van der Waals surface area contributed by atoms with E-state index < -0.39 is 17.8 Å². The van der Waals surface area contributed by atoms with Crippen molar-refractivity contribution < 1.29 is 23.0 Å². The lowest BCUT2D eigenvalue weighted by molar-refractivity contribution is -0.137. The number of methoxy groups -OCH3 is 1. The van der Waals surface area contributed by atoms with Gasteiger partial charge in [0.25, 0.3) is 0 Å². The van der Waals surface area contributed by atoms with Crippen molar-refractivity contribution in [1.82, 2.24) is 5.32 Å². The zero-order chi connectivity index (χ0) is 18.4. The molecule has 0 aliphatic carbocycles. The van der Waals surface area contributed by atoms with Crippen LogP contribution in [0.5, 0.6) is 5.75 Å². The Bertz CT molecular complexity index is 671. The number of aliphatic hydroxyl groups excluding tert-OH is 1. The van der Waals surface area contributed by atoms with E-state index in [1.807, 2.05) is 31.2 Å². The number of hydrogen-bond acceptors (Lipinski definition) is 3. The highest BCUT2D eigenvalue weighted by atomic mass is 19.4. The molecule has 2 aromatic carbocycles. The van der Waals surface area contributed by atoms with E-state index >= 15 is 0 Å². The molecule has 2 N–H and O–H groups in total. The third-order valence-electron chi connectivity index (χ3n) is 4.07. The van der Waals surface area contributed by atoms with Crippen LogP contribution >= 0.6 is 0 Å². The van der Waals surface area contributed by atoms with Crippen LogP contribution in [-0.2, 0) is 6.18 Å². The van der Waals surface area contributed by atoms with Gasteiger partial charge in [-0.05, 0) is 41.3 Å². The third kappa shape index (κ3) is 5.47. The molecule has 136 valence electrons. The van der Waals surface area contributed by atoms with Crippen molar-refractivity contribution in [3.8, 4) is 5.75 Å². The zero-order valence-electron chi connectivity index (χ0n) is 14.2. The first kappa shape index (κ1) is 19.3. The zero-order valence-corrected chi connectivity index (χ0v) is 14.2. The van der Waals surface area contributed by atoms with Crippen LogP contribution in [0.1, 0.15) is 35.6 Å². The SMILES string of the molecule is COc1ccc(C(C)CNCC(O)c2cccc(C(F)(F)F)c2)cc1. The van der Waals surface area contributed by atoms with Crippen LogP contribution in [0.15, 0.2) is 48.5 Å². The molecule has 0 bridgehead atoms. The largest absolute Gasteiger partial charge is 0.497 e. The molecule has 2 aromatic rings. The number of ether oxygens (including phenoxy) is 1. The number of hydrogen-bond donors (Lipinski definition) is 2. The van der Waals surface area contributed by atoms with E-state index in [0.29, 0.717) is 6.54 Å². The third-order valence-corrected chi connectivity index (χ3v) is 4.07. The Labute approximate surface area is 145 Å². The summed E-state index contributed by atoms with van der Waals surface area (Å²) in [5.41, 5.74) is 0.608. The molecule has 2 atom stereocenters. The molecule has 2 rings (SSSR count). The van der Waals surface area contributed by atoms with Gasteiger partial charge in [0.1, 0.15) is 5.75 Å². The van der Waals surface area contributed by atoms with Gasteiger partial charge in [-0.25, -0.2) is 0 Å². The Hall–Kier alpha value is -2.05. The van der Waals surface area contributed by atoms with Gasteiger partial charge in [-0.1, -0.05) is 31.2 Å².